The number of hydrogen-bond donors (Lipinski definition) is 2. The summed E-state index contributed by atoms with van der Waals surface area (Å²) in [6.07, 6.45) is 0. The molecule has 0 saturated carbocycles. The van der Waals surface area contributed by atoms with Crippen LogP contribution in [0.15, 0.2) is 42.5 Å². The Kier molecular flexibility index (Phi) is 10.9. The molecule has 0 aromatic heterocycles. The maximum Gasteiger partial charge on any atom is 0.255 e. The zero-order valence-electron chi connectivity index (χ0n) is 15.3. The highest BCUT2D eigenvalue weighted by Crippen LogP contribution is 2.26. The van der Waals surface area contributed by atoms with E-state index in [-0.39, 0.29) is 30.7 Å². The van der Waals surface area contributed by atoms with Crippen molar-refractivity contribution in [2.24, 2.45) is 5.73 Å². The molecule has 0 atom stereocenters. The summed E-state index contributed by atoms with van der Waals surface area (Å²) in [7, 11) is 3.99. The van der Waals surface area contributed by atoms with Crippen molar-refractivity contribution >= 4 is 36.4 Å². The van der Waals surface area contributed by atoms with Crippen molar-refractivity contribution in [1.82, 2.24) is 4.90 Å². The molecule has 0 radical (unpaired) electrons. The van der Waals surface area contributed by atoms with E-state index in [4.69, 9.17) is 10.5 Å². The van der Waals surface area contributed by atoms with Gasteiger partial charge >= 0.3 is 0 Å². The van der Waals surface area contributed by atoms with Crippen LogP contribution in [0.4, 0.5) is 5.69 Å². The Morgan fingerprint density at radius 3 is 2.35 bits per heavy atom. The third-order valence-electron chi connectivity index (χ3n) is 3.63. The molecule has 0 fully saturated rings. The number of ether oxygens (including phenoxy) is 1. The largest absolute Gasteiger partial charge is 0.490 e. The van der Waals surface area contributed by atoms with Crippen molar-refractivity contribution in [2.45, 2.75) is 13.5 Å². The molecule has 0 spiro atoms. The molecule has 5 nitrogen and oxygen atoms in total. The topological polar surface area (TPSA) is 67.6 Å². The number of hydrogen-bond acceptors (Lipinski definition) is 4. The van der Waals surface area contributed by atoms with E-state index in [1.807, 2.05) is 56.3 Å². The first-order valence-electron chi connectivity index (χ1n) is 7.98. The summed E-state index contributed by atoms with van der Waals surface area (Å²) >= 11 is 0. The van der Waals surface area contributed by atoms with Crippen molar-refractivity contribution in [2.75, 3.05) is 32.6 Å². The molecule has 0 aliphatic carbocycles. The van der Waals surface area contributed by atoms with Crippen LogP contribution >= 0.6 is 24.8 Å². The van der Waals surface area contributed by atoms with Crippen LogP contribution in [-0.4, -0.2) is 38.1 Å². The van der Waals surface area contributed by atoms with Crippen molar-refractivity contribution in [3.63, 3.8) is 0 Å². The summed E-state index contributed by atoms with van der Waals surface area (Å²) in [5, 5.41) is 2.92. The number of carbonyl (C=O) groups is 1. The zero-order valence-corrected chi connectivity index (χ0v) is 17.0. The van der Waals surface area contributed by atoms with Crippen LogP contribution in [0, 0.1) is 6.92 Å². The second-order valence-electron chi connectivity index (χ2n) is 6.01. The molecule has 0 aliphatic heterocycles. The van der Waals surface area contributed by atoms with Crippen LogP contribution in [0.1, 0.15) is 21.5 Å². The Hall–Kier alpha value is -1.79. The number of aryl methyl sites for hydroxylation is 1. The van der Waals surface area contributed by atoms with Gasteiger partial charge in [-0.3, -0.25) is 4.79 Å². The second kappa shape index (κ2) is 11.8. The summed E-state index contributed by atoms with van der Waals surface area (Å²) in [4.78, 5) is 14.5. The number of likely N-dealkylation sites (N-methyl/N-ethyl adjacent to an activating group) is 1. The molecule has 3 N–H and O–H groups in total. The Bertz CT molecular complexity index is 692. The number of nitrogens with one attached hydrogen (secondary N) is 1. The first kappa shape index (κ1) is 24.2. The highest BCUT2D eigenvalue weighted by atomic mass is 35.5. The standard InChI is InChI=1S/C19H25N3O2.2ClH/c1-14-4-9-17(18(12-14)24-11-10-22(2)3)21-19(23)16-7-5-15(13-20)6-8-16;;/h4-9,12H,10-11,13,20H2,1-3H3,(H,21,23);2*1H. The lowest BCUT2D eigenvalue weighted by atomic mass is 10.1. The molecule has 0 bridgehead atoms. The highest BCUT2D eigenvalue weighted by molar-refractivity contribution is 6.05. The van der Waals surface area contributed by atoms with Crippen molar-refractivity contribution in [3.05, 3.63) is 59.2 Å². The third kappa shape index (κ3) is 7.22. The van der Waals surface area contributed by atoms with Gasteiger partial charge in [-0.05, 0) is 56.4 Å². The van der Waals surface area contributed by atoms with Gasteiger partial charge in [0.25, 0.3) is 5.91 Å². The van der Waals surface area contributed by atoms with E-state index in [1.54, 1.807) is 12.1 Å². The molecule has 2 aromatic carbocycles. The van der Waals surface area contributed by atoms with Crippen LogP contribution < -0.4 is 15.8 Å². The van der Waals surface area contributed by atoms with E-state index >= 15 is 0 Å². The monoisotopic (exact) mass is 399 g/mol. The highest BCUT2D eigenvalue weighted by Gasteiger charge is 2.10. The molecular weight excluding hydrogens is 373 g/mol. The van der Waals surface area contributed by atoms with Crippen molar-refractivity contribution in [3.8, 4) is 5.75 Å². The van der Waals surface area contributed by atoms with Gasteiger partial charge in [-0.2, -0.15) is 0 Å². The minimum Gasteiger partial charge on any atom is -0.490 e. The smallest absolute Gasteiger partial charge is 0.255 e. The molecular formula is C19H27Cl2N3O2. The first-order valence-corrected chi connectivity index (χ1v) is 7.98. The second-order valence-corrected chi connectivity index (χ2v) is 6.01. The molecule has 1 amide bonds. The molecule has 0 saturated heterocycles. The maximum absolute atomic E-state index is 12.4. The van der Waals surface area contributed by atoms with E-state index in [9.17, 15) is 4.79 Å². The van der Waals surface area contributed by atoms with E-state index in [0.29, 0.717) is 30.2 Å². The fraction of sp³-hybridized carbons (Fsp3) is 0.316. The average Bonchev–Trinajstić information content (AvgIpc) is 2.57. The predicted octanol–water partition coefficient (Wildman–Crippen LogP) is 3.49. The number of halogens is 2. The number of carbonyl (C=O) groups excluding carboxylic acids is 1. The number of rotatable bonds is 7. The summed E-state index contributed by atoms with van der Waals surface area (Å²) in [6.45, 7) is 3.83. The molecule has 7 heteroatoms. The minimum absolute atomic E-state index is 0. The van der Waals surface area contributed by atoms with Gasteiger partial charge in [-0.25, -0.2) is 0 Å². The van der Waals surface area contributed by atoms with Crippen LogP contribution in [0.2, 0.25) is 0 Å². The minimum atomic E-state index is -0.167. The van der Waals surface area contributed by atoms with Crippen molar-refractivity contribution in [1.29, 1.82) is 0 Å². The average molecular weight is 400 g/mol. The van der Waals surface area contributed by atoms with Gasteiger partial charge in [0, 0.05) is 18.7 Å². The van der Waals surface area contributed by atoms with Gasteiger partial charge < -0.3 is 20.7 Å². The van der Waals surface area contributed by atoms with Crippen molar-refractivity contribution < 1.29 is 9.53 Å². The molecule has 0 aliphatic rings. The molecule has 2 aromatic rings. The molecule has 144 valence electrons. The Morgan fingerprint density at radius 2 is 1.77 bits per heavy atom. The van der Waals surface area contributed by atoms with Crippen LogP contribution in [0.3, 0.4) is 0 Å². The predicted molar refractivity (Wildman–Crippen MR) is 112 cm³/mol. The Labute approximate surface area is 167 Å². The third-order valence-corrected chi connectivity index (χ3v) is 3.63. The van der Waals surface area contributed by atoms with E-state index in [0.717, 1.165) is 17.7 Å². The molecule has 0 unspecified atom stereocenters. The van der Waals surface area contributed by atoms with Gasteiger partial charge in [-0.15, -0.1) is 24.8 Å². The SMILES string of the molecule is Cc1ccc(NC(=O)c2ccc(CN)cc2)c(OCCN(C)C)c1.Cl.Cl. The van der Waals surface area contributed by atoms with E-state index < -0.39 is 0 Å². The number of nitrogens with zero attached hydrogens (tertiary/aromatic N) is 1. The normalized spacial score (nSPS) is 9.88. The Morgan fingerprint density at radius 1 is 1.12 bits per heavy atom. The fourth-order valence-electron chi connectivity index (χ4n) is 2.18. The summed E-state index contributed by atoms with van der Waals surface area (Å²) in [6, 6.07) is 13.0. The summed E-state index contributed by atoms with van der Waals surface area (Å²) < 4.78 is 5.83. The molecule has 2 rings (SSSR count). The van der Waals surface area contributed by atoms with E-state index in [2.05, 4.69) is 5.32 Å². The number of nitrogens with two attached hydrogens (primary N) is 1. The van der Waals surface area contributed by atoms with Crippen LogP contribution in [-0.2, 0) is 6.54 Å². The zero-order chi connectivity index (χ0) is 17.5. The summed E-state index contributed by atoms with van der Waals surface area (Å²) in [5.41, 5.74) is 8.92. The lowest BCUT2D eigenvalue weighted by Gasteiger charge is -2.15. The quantitative estimate of drug-likeness (QED) is 0.747. The van der Waals surface area contributed by atoms with Gasteiger partial charge in [-0.1, -0.05) is 18.2 Å². The number of amides is 1. The Balaban J connectivity index is 0.00000312. The summed E-state index contributed by atoms with van der Waals surface area (Å²) in [5.74, 6) is 0.517. The molecule has 0 heterocycles. The van der Waals surface area contributed by atoms with Gasteiger partial charge in [0.2, 0.25) is 0 Å². The lowest BCUT2D eigenvalue weighted by molar-refractivity contribution is 0.102. The van der Waals surface area contributed by atoms with Gasteiger partial charge in [0.05, 0.1) is 5.69 Å². The lowest BCUT2D eigenvalue weighted by Crippen LogP contribution is -2.20. The van der Waals surface area contributed by atoms with Gasteiger partial charge in [0.1, 0.15) is 12.4 Å². The van der Waals surface area contributed by atoms with Crippen LogP contribution in [0.25, 0.3) is 0 Å². The fourth-order valence-corrected chi connectivity index (χ4v) is 2.18. The maximum atomic E-state index is 12.4. The van der Waals surface area contributed by atoms with Crippen LogP contribution in [0.5, 0.6) is 5.75 Å². The van der Waals surface area contributed by atoms with E-state index in [1.165, 1.54) is 0 Å². The molecule has 26 heavy (non-hydrogen) atoms. The van der Waals surface area contributed by atoms with Gasteiger partial charge in [0.15, 0.2) is 0 Å². The number of anilines is 1. The first-order chi connectivity index (χ1) is 11.5. The number of benzene rings is 2.